The van der Waals surface area contributed by atoms with Gasteiger partial charge in [-0.05, 0) is 55.9 Å². The van der Waals surface area contributed by atoms with E-state index in [-0.39, 0.29) is 23.7 Å². The highest BCUT2D eigenvalue weighted by molar-refractivity contribution is 7.99. The van der Waals surface area contributed by atoms with Crippen molar-refractivity contribution in [3.63, 3.8) is 0 Å². The first-order valence-electron chi connectivity index (χ1n) is 11.6. The lowest BCUT2D eigenvalue weighted by Gasteiger charge is -2.31. The predicted molar refractivity (Wildman–Crippen MR) is 129 cm³/mol. The number of amides is 2. The second-order valence-corrected chi connectivity index (χ2v) is 9.63. The summed E-state index contributed by atoms with van der Waals surface area (Å²) in [4.78, 5) is 26.5. The number of carbonyl (C=O) groups excluding carboxylic acids is 2. The van der Waals surface area contributed by atoms with E-state index >= 15 is 0 Å². The molecule has 0 bridgehead atoms. The van der Waals surface area contributed by atoms with Crippen LogP contribution >= 0.6 is 11.8 Å². The van der Waals surface area contributed by atoms with E-state index in [1.54, 1.807) is 31.3 Å². The molecule has 3 heterocycles. The SMILES string of the molecule is CNC(=O)c1ccc(NC(=O)CSc2nnc(N3CCC(C)CC3)n2CC2CCCO2)cc1. The van der Waals surface area contributed by atoms with Crippen molar-refractivity contribution in [2.75, 3.05) is 42.7 Å². The molecule has 10 heteroatoms. The summed E-state index contributed by atoms with van der Waals surface area (Å²) in [6, 6.07) is 6.82. The van der Waals surface area contributed by atoms with E-state index in [4.69, 9.17) is 4.74 Å². The molecular weight excluding hydrogens is 440 g/mol. The Labute approximate surface area is 198 Å². The van der Waals surface area contributed by atoms with Crippen LogP contribution < -0.4 is 15.5 Å². The van der Waals surface area contributed by atoms with E-state index < -0.39 is 0 Å². The van der Waals surface area contributed by atoms with Gasteiger partial charge in [0.15, 0.2) is 5.16 Å². The van der Waals surface area contributed by atoms with Crippen LogP contribution in [-0.2, 0) is 16.1 Å². The third kappa shape index (κ3) is 6.05. The quantitative estimate of drug-likeness (QED) is 0.570. The minimum absolute atomic E-state index is 0.132. The summed E-state index contributed by atoms with van der Waals surface area (Å²) in [5.41, 5.74) is 1.20. The fraction of sp³-hybridized carbons (Fsp3) is 0.565. The first-order chi connectivity index (χ1) is 16.0. The maximum atomic E-state index is 12.6. The van der Waals surface area contributed by atoms with Gasteiger partial charge in [-0.25, -0.2) is 0 Å². The van der Waals surface area contributed by atoms with Crippen molar-refractivity contribution in [1.29, 1.82) is 0 Å². The van der Waals surface area contributed by atoms with Gasteiger partial charge in [0.05, 0.1) is 18.4 Å². The van der Waals surface area contributed by atoms with E-state index in [9.17, 15) is 9.59 Å². The van der Waals surface area contributed by atoms with Crippen molar-refractivity contribution in [3.8, 4) is 0 Å². The average molecular weight is 473 g/mol. The van der Waals surface area contributed by atoms with Crippen molar-refractivity contribution in [2.24, 2.45) is 5.92 Å². The van der Waals surface area contributed by atoms with Gasteiger partial charge < -0.3 is 20.3 Å². The van der Waals surface area contributed by atoms with Crippen LogP contribution in [0.4, 0.5) is 11.6 Å². The van der Waals surface area contributed by atoms with E-state index in [2.05, 4.69) is 37.2 Å². The maximum absolute atomic E-state index is 12.6. The van der Waals surface area contributed by atoms with Gasteiger partial charge in [-0.1, -0.05) is 18.7 Å². The Balaban J connectivity index is 1.40. The molecule has 178 valence electrons. The van der Waals surface area contributed by atoms with E-state index in [0.717, 1.165) is 62.4 Å². The molecule has 9 nitrogen and oxygen atoms in total. The smallest absolute Gasteiger partial charge is 0.251 e. The van der Waals surface area contributed by atoms with Gasteiger partial charge in [-0.15, -0.1) is 10.2 Å². The van der Waals surface area contributed by atoms with Crippen LogP contribution in [0.2, 0.25) is 0 Å². The average Bonchev–Trinajstić information content (AvgIpc) is 3.49. The topological polar surface area (TPSA) is 101 Å². The molecule has 2 fully saturated rings. The summed E-state index contributed by atoms with van der Waals surface area (Å²) in [7, 11) is 1.59. The molecule has 2 N–H and O–H groups in total. The molecule has 0 radical (unpaired) electrons. The summed E-state index contributed by atoms with van der Waals surface area (Å²) in [6.45, 7) is 5.75. The number of carbonyl (C=O) groups is 2. The number of rotatable bonds is 8. The van der Waals surface area contributed by atoms with Crippen LogP contribution in [0.25, 0.3) is 0 Å². The number of benzene rings is 1. The molecule has 0 spiro atoms. The number of nitrogens with one attached hydrogen (secondary N) is 2. The van der Waals surface area contributed by atoms with Crippen molar-refractivity contribution in [1.82, 2.24) is 20.1 Å². The molecule has 0 saturated carbocycles. The molecule has 2 aromatic rings. The van der Waals surface area contributed by atoms with Gasteiger partial charge in [0.25, 0.3) is 5.91 Å². The number of ether oxygens (including phenoxy) is 1. The third-order valence-electron chi connectivity index (χ3n) is 6.16. The molecule has 4 rings (SSSR count). The van der Waals surface area contributed by atoms with Crippen molar-refractivity contribution in [3.05, 3.63) is 29.8 Å². The second-order valence-electron chi connectivity index (χ2n) is 8.69. The fourth-order valence-corrected chi connectivity index (χ4v) is 4.90. The molecule has 2 aliphatic heterocycles. The molecule has 1 aromatic carbocycles. The third-order valence-corrected chi connectivity index (χ3v) is 7.13. The van der Waals surface area contributed by atoms with Crippen LogP contribution in [-0.4, -0.2) is 65.2 Å². The Morgan fingerprint density at radius 3 is 2.58 bits per heavy atom. The highest BCUT2D eigenvalue weighted by atomic mass is 32.2. The van der Waals surface area contributed by atoms with E-state index in [0.29, 0.717) is 17.8 Å². The summed E-state index contributed by atoms with van der Waals surface area (Å²) in [6.07, 6.45) is 4.57. The Morgan fingerprint density at radius 1 is 1.15 bits per heavy atom. The second kappa shape index (κ2) is 11.0. The zero-order valence-corrected chi connectivity index (χ0v) is 20.1. The summed E-state index contributed by atoms with van der Waals surface area (Å²) in [5.74, 6) is 1.54. The van der Waals surface area contributed by atoms with E-state index in [1.807, 2.05) is 0 Å². The van der Waals surface area contributed by atoms with Gasteiger partial charge in [0.2, 0.25) is 11.9 Å². The number of hydrogen-bond donors (Lipinski definition) is 2. The van der Waals surface area contributed by atoms with Crippen LogP contribution in [0.1, 0.15) is 43.0 Å². The van der Waals surface area contributed by atoms with Crippen LogP contribution in [0.5, 0.6) is 0 Å². The molecule has 2 aliphatic rings. The lowest BCUT2D eigenvalue weighted by Crippen LogP contribution is -2.35. The molecule has 1 unspecified atom stereocenters. The number of aromatic nitrogens is 3. The van der Waals surface area contributed by atoms with Crippen LogP contribution in [0, 0.1) is 5.92 Å². The molecule has 0 aliphatic carbocycles. The normalized spacial score (nSPS) is 19.0. The Bertz CT molecular complexity index is 950. The molecule has 1 aromatic heterocycles. The maximum Gasteiger partial charge on any atom is 0.251 e. The summed E-state index contributed by atoms with van der Waals surface area (Å²) in [5, 5.41) is 15.1. The monoisotopic (exact) mass is 472 g/mol. The standard InChI is InChI=1S/C23H32N6O3S/c1-16-9-11-28(12-10-16)22-26-27-23(29(22)14-19-4-3-13-32-19)33-15-20(30)25-18-7-5-17(6-8-18)21(31)24-2/h5-8,16,19H,3-4,9-15H2,1-2H3,(H,24,31)(H,25,30). The van der Waals surface area contributed by atoms with Gasteiger partial charge in [0.1, 0.15) is 0 Å². The highest BCUT2D eigenvalue weighted by Gasteiger charge is 2.26. The Morgan fingerprint density at radius 2 is 1.91 bits per heavy atom. The van der Waals surface area contributed by atoms with Crippen molar-refractivity contribution in [2.45, 2.75) is 50.4 Å². The Hall–Kier alpha value is -2.59. The number of piperidine rings is 1. The lowest BCUT2D eigenvalue weighted by molar-refractivity contribution is -0.113. The van der Waals surface area contributed by atoms with Crippen molar-refractivity contribution >= 4 is 35.2 Å². The highest BCUT2D eigenvalue weighted by Crippen LogP contribution is 2.28. The number of nitrogens with zero attached hydrogens (tertiary/aromatic N) is 4. The minimum atomic E-state index is -0.159. The number of hydrogen-bond acceptors (Lipinski definition) is 7. The molecule has 2 saturated heterocycles. The van der Waals surface area contributed by atoms with Gasteiger partial charge in [-0.2, -0.15) is 0 Å². The molecule has 33 heavy (non-hydrogen) atoms. The van der Waals surface area contributed by atoms with E-state index in [1.165, 1.54) is 11.8 Å². The minimum Gasteiger partial charge on any atom is -0.376 e. The number of anilines is 2. The predicted octanol–water partition coefficient (Wildman–Crippen LogP) is 2.78. The summed E-state index contributed by atoms with van der Waals surface area (Å²) < 4.78 is 7.99. The largest absolute Gasteiger partial charge is 0.376 e. The van der Waals surface area contributed by atoms with Gasteiger partial charge >= 0.3 is 0 Å². The van der Waals surface area contributed by atoms with Crippen LogP contribution in [0.15, 0.2) is 29.4 Å². The Kier molecular flexibility index (Phi) is 7.87. The van der Waals surface area contributed by atoms with Crippen LogP contribution in [0.3, 0.4) is 0 Å². The first-order valence-corrected chi connectivity index (χ1v) is 12.6. The zero-order chi connectivity index (χ0) is 23.2. The summed E-state index contributed by atoms with van der Waals surface area (Å²) >= 11 is 1.39. The van der Waals surface area contributed by atoms with Gasteiger partial charge in [0, 0.05) is 38.0 Å². The van der Waals surface area contributed by atoms with Crippen molar-refractivity contribution < 1.29 is 14.3 Å². The first kappa shape index (κ1) is 23.6. The number of thioether (sulfide) groups is 1. The molecular formula is C23H32N6O3S. The zero-order valence-electron chi connectivity index (χ0n) is 19.2. The molecule has 1 atom stereocenters. The fourth-order valence-electron chi connectivity index (χ4n) is 4.16. The molecule has 2 amide bonds. The lowest BCUT2D eigenvalue weighted by atomic mass is 10.00. The van der Waals surface area contributed by atoms with Gasteiger partial charge in [-0.3, -0.25) is 14.2 Å².